The maximum Gasteiger partial charge on any atom is 0.257 e. The Hall–Kier alpha value is -1.71. The molecule has 1 atom stereocenters. The number of nitrogens with two attached hydrogens (primary N) is 1. The van der Waals surface area contributed by atoms with E-state index < -0.39 is 0 Å². The van der Waals surface area contributed by atoms with E-state index in [1.807, 2.05) is 0 Å². The molecule has 1 fully saturated rings. The van der Waals surface area contributed by atoms with Crippen LogP contribution in [0, 0.1) is 5.92 Å². The highest BCUT2D eigenvalue weighted by Gasteiger charge is 2.25. The highest BCUT2D eigenvalue weighted by atomic mass is 16.5. The SMILES string of the molecule is CCC(NC(=O)c1c(N)cccc1OC)C1CCCCC1. The number of carbonyl (C=O) groups excluding carboxylic acids is 1. The Kier molecular flexibility index (Phi) is 5.48. The summed E-state index contributed by atoms with van der Waals surface area (Å²) < 4.78 is 5.27. The molecule has 4 nitrogen and oxygen atoms in total. The predicted octanol–water partition coefficient (Wildman–Crippen LogP) is 3.37. The lowest BCUT2D eigenvalue weighted by Gasteiger charge is -2.30. The number of rotatable bonds is 5. The summed E-state index contributed by atoms with van der Waals surface area (Å²) in [7, 11) is 1.56. The number of amides is 1. The van der Waals surface area contributed by atoms with Crippen LogP contribution in [0.4, 0.5) is 5.69 Å². The first-order valence-electron chi connectivity index (χ1n) is 7.90. The van der Waals surface area contributed by atoms with Gasteiger partial charge in [0.15, 0.2) is 0 Å². The second-order valence-corrected chi connectivity index (χ2v) is 5.81. The smallest absolute Gasteiger partial charge is 0.257 e. The minimum atomic E-state index is -0.123. The summed E-state index contributed by atoms with van der Waals surface area (Å²) in [6.07, 6.45) is 7.23. The number of methoxy groups -OCH3 is 1. The average Bonchev–Trinajstić information content (AvgIpc) is 2.52. The Bertz CT molecular complexity index is 482. The van der Waals surface area contributed by atoms with Crippen LogP contribution in [0.3, 0.4) is 0 Å². The van der Waals surface area contributed by atoms with Gasteiger partial charge in [0, 0.05) is 11.7 Å². The summed E-state index contributed by atoms with van der Waals surface area (Å²) in [5, 5.41) is 3.17. The van der Waals surface area contributed by atoms with E-state index in [2.05, 4.69) is 12.2 Å². The number of carbonyl (C=O) groups is 1. The van der Waals surface area contributed by atoms with Crippen molar-refractivity contribution in [1.29, 1.82) is 0 Å². The molecule has 0 aromatic heterocycles. The van der Waals surface area contributed by atoms with Gasteiger partial charge in [0.05, 0.1) is 7.11 Å². The first kappa shape index (κ1) is 15.7. The number of nitrogens with one attached hydrogen (secondary N) is 1. The number of anilines is 1. The van der Waals surface area contributed by atoms with E-state index in [4.69, 9.17) is 10.5 Å². The zero-order chi connectivity index (χ0) is 15.2. The van der Waals surface area contributed by atoms with E-state index in [1.165, 1.54) is 32.1 Å². The quantitative estimate of drug-likeness (QED) is 0.817. The number of hydrogen-bond acceptors (Lipinski definition) is 3. The van der Waals surface area contributed by atoms with Crippen LogP contribution in [0.5, 0.6) is 5.75 Å². The monoisotopic (exact) mass is 290 g/mol. The van der Waals surface area contributed by atoms with E-state index in [0.29, 0.717) is 22.9 Å². The maximum atomic E-state index is 12.6. The van der Waals surface area contributed by atoms with Gasteiger partial charge < -0.3 is 15.8 Å². The van der Waals surface area contributed by atoms with Gasteiger partial charge in [0.25, 0.3) is 5.91 Å². The number of ether oxygens (including phenoxy) is 1. The first-order valence-corrected chi connectivity index (χ1v) is 7.90. The molecule has 1 aromatic rings. The summed E-state index contributed by atoms with van der Waals surface area (Å²) in [5.41, 5.74) is 6.87. The lowest BCUT2D eigenvalue weighted by atomic mass is 9.83. The molecule has 1 aliphatic rings. The summed E-state index contributed by atoms with van der Waals surface area (Å²) in [6.45, 7) is 2.13. The molecular formula is C17H26N2O2. The highest BCUT2D eigenvalue weighted by molar-refractivity contribution is 6.02. The Balaban J connectivity index is 2.12. The molecule has 1 aromatic carbocycles. The normalized spacial score (nSPS) is 17.2. The van der Waals surface area contributed by atoms with Crippen LogP contribution in [-0.2, 0) is 0 Å². The Morgan fingerprint density at radius 2 is 2.10 bits per heavy atom. The maximum absolute atomic E-state index is 12.6. The number of nitrogen functional groups attached to an aromatic ring is 1. The molecule has 21 heavy (non-hydrogen) atoms. The van der Waals surface area contributed by atoms with Crippen molar-refractivity contribution in [2.75, 3.05) is 12.8 Å². The van der Waals surface area contributed by atoms with E-state index in [9.17, 15) is 4.79 Å². The van der Waals surface area contributed by atoms with E-state index in [-0.39, 0.29) is 11.9 Å². The van der Waals surface area contributed by atoms with Gasteiger partial charge >= 0.3 is 0 Å². The summed E-state index contributed by atoms with van der Waals surface area (Å²) >= 11 is 0. The second-order valence-electron chi connectivity index (χ2n) is 5.81. The minimum absolute atomic E-state index is 0.123. The molecule has 4 heteroatoms. The molecule has 116 valence electrons. The van der Waals surface area contributed by atoms with Gasteiger partial charge in [-0.3, -0.25) is 4.79 Å². The van der Waals surface area contributed by atoms with Crippen molar-refractivity contribution in [2.24, 2.45) is 5.92 Å². The standard InChI is InChI=1S/C17H26N2O2/c1-3-14(12-8-5-4-6-9-12)19-17(20)16-13(18)10-7-11-15(16)21-2/h7,10-12,14H,3-6,8-9,18H2,1-2H3,(H,19,20). The molecule has 1 aliphatic carbocycles. The van der Waals surface area contributed by atoms with Crippen LogP contribution >= 0.6 is 0 Å². The predicted molar refractivity (Wildman–Crippen MR) is 85.5 cm³/mol. The zero-order valence-corrected chi connectivity index (χ0v) is 13.0. The Morgan fingerprint density at radius 1 is 1.38 bits per heavy atom. The molecular weight excluding hydrogens is 264 g/mol. The molecule has 2 rings (SSSR count). The zero-order valence-electron chi connectivity index (χ0n) is 13.0. The Labute approximate surface area is 127 Å². The number of benzene rings is 1. The molecule has 0 saturated heterocycles. The third-order valence-corrected chi connectivity index (χ3v) is 4.48. The van der Waals surface area contributed by atoms with Crippen LogP contribution in [0.15, 0.2) is 18.2 Å². The van der Waals surface area contributed by atoms with Crippen LogP contribution < -0.4 is 15.8 Å². The van der Waals surface area contributed by atoms with Crippen LogP contribution in [-0.4, -0.2) is 19.1 Å². The largest absolute Gasteiger partial charge is 0.496 e. The van der Waals surface area contributed by atoms with E-state index >= 15 is 0 Å². The van der Waals surface area contributed by atoms with Crippen molar-refractivity contribution in [1.82, 2.24) is 5.32 Å². The lowest BCUT2D eigenvalue weighted by Crippen LogP contribution is -2.41. The average molecular weight is 290 g/mol. The van der Waals surface area contributed by atoms with Crippen molar-refractivity contribution < 1.29 is 9.53 Å². The Morgan fingerprint density at radius 3 is 2.71 bits per heavy atom. The first-order chi connectivity index (χ1) is 10.2. The molecule has 0 radical (unpaired) electrons. The fraction of sp³-hybridized carbons (Fsp3) is 0.588. The van der Waals surface area contributed by atoms with E-state index in [1.54, 1.807) is 25.3 Å². The topological polar surface area (TPSA) is 64.4 Å². The second kappa shape index (κ2) is 7.34. The van der Waals surface area contributed by atoms with Crippen LogP contribution in [0.1, 0.15) is 55.8 Å². The van der Waals surface area contributed by atoms with Gasteiger partial charge in [0.2, 0.25) is 0 Å². The van der Waals surface area contributed by atoms with Gasteiger partial charge in [-0.25, -0.2) is 0 Å². The molecule has 0 spiro atoms. The van der Waals surface area contributed by atoms with Crippen LogP contribution in [0.2, 0.25) is 0 Å². The third-order valence-electron chi connectivity index (χ3n) is 4.48. The molecule has 1 saturated carbocycles. The third kappa shape index (κ3) is 3.69. The molecule has 1 amide bonds. The molecule has 1 unspecified atom stereocenters. The van der Waals surface area contributed by atoms with Gasteiger partial charge in [0.1, 0.15) is 11.3 Å². The molecule has 0 heterocycles. The molecule has 0 aliphatic heterocycles. The highest BCUT2D eigenvalue weighted by Crippen LogP contribution is 2.29. The fourth-order valence-electron chi connectivity index (χ4n) is 3.29. The summed E-state index contributed by atoms with van der Waals surface area (Å²) in [5.74, 6) is 0.997. The van der Waals surface area contributed by atoms with Gasteiger partial charge in [-0.15, -0.1) is 0 Å². The minimum Gasteiger partial charge on any atom is -0.496 e. The van der Waals surface area contributed by atoms with Crippen molar-refractivity contribution in [2.45, 2.75) is 51.5 Å². The van der Waals surface area contributed by atoms with Gasteiger partial charge in [-0.05, 0) is 37.3 Å². The van der Waals surface area contributed by atoms with E-state index in [0.717, 1.165) is 6.42 Å². The fourth-order valence-corrected chi connectivity index (χ4v) is 3.29. The molecule has 0 bridgehead atoms. The summed E-state index contributed by atoms with van der Waals surface area (Å²) in [4.78, 5) is 12.6. The lowest BCUT2D eigenvalue weighted by molar-refractivity contribution is 0.0909. The van der Waals surface area contributed by atoms with Crippen molar-refractivity contribution in [3.63, 3.8) is 0 Å². The van der Waals surface area contributed by atoms with Gasteiger partial charge in [-0.2, -0.15) is 0 Å². The van der Waals surface area contributed by atoms with Gasteiger partial charge in [-0.1, -0.05) is 32.3 Å². The van der Waals surface area contributed by atoms with Crippen molar-refractivity contribution in [3.05, 3.63) is 23.8 Å². The van der Waals surface area contributed by atoms with Crippen molar-refractivity contribution >= 4 is 11.6 Å². The van der Waals surface area contributed by atoms with Crippen LogP contribution in [0.25, 0.3) is 0 Å². The molecule has 3 N–H and O–H groups in total. The van der Waals surface area contributed by atoms with Crippen molar-refractivity contribution in [3.8, 4) is 5.75 Å². The summed E-state index contributed by atoms with van der Waals surface area (Å²) in [6, 6.07) is 5.52. The number of hydrogen-bond donors (Lipinski definition) is 2.